The molecular formula is C18H21N3O4. The molecule has 0 unspecified atom stereocenters. The molecule has 2 aromatic rings. The monoisotopic (exact) mass is 343 g/mol. The molecule has 0 aliphatic heterocycles. The molecule has 7 nitrogen and oxygen atoms in total. The number of ether oxygens (including phenoxy) is 2. The Bertz CT molecular complexity index is 720. The number of rotatable bonds is 8. The highest BCUT2D eigenvalue weighted by atomic mass is 16.5. The van der Waals surface area contributed by atoms with Gasteiger partial charge in [-0.1, -0.05) is 12.1 Å². The van der Waals surface area contributed by atoms with E-state index in [1.165, 1.54) is 7.11 Å². The normalized spacial score (nSPS) is 10.0. The number of hydrogen-bond acceptors (Lipinski definition) is 5. The van der Waals surface area contributed by atoms with Crippen molar-refractivity contribution in [1.29, 1.82) is 0 Å². The highest BCUT2D eigenvalue weighted by molar-refractivity contribution is 5.85. The first-order valence-corrected chi connectivity index (χ1v) is 7.75. The van der Waals surface area contributed by atoms with Crippen LogP contribution in [0, 0.1) is 0 Å². The van der Waals surface area contributed by atoms with Gasteiger partial charge in [0.15, 0.2) is 11.5 Å². The first-order chi connectivity index (χ1) is 12.1. The molecule has 0 saturated heterocycles. The second-order valence-corrected chi connectivity index (χ2v) is 5.28. The van der Waals surface area contributed by atoms with Crippen molar-refractivity contribution in [3.63, 3.8) is 0 Å². The smallest absolute Gasteiger partial charge is 0.239 e. The number of pyridine rings is 1. The Labute approximate surface area is 146 Å². The molecule has 0 radical (unpaired) electrons. The fourth-order valence-corrected chi connectivity index (χ4v) is 2.18. The first-order valence-electron chi connectivity index (χ1n) is 7.75. The van der Waals surface area contributed by atoms with E-state index in [-0.39, 0.29) is 24.8 Å². The summed E-state index contributed by atoms with van der Waals surface area (Å²) in [6, 6.07) is 8.92. The first kappa shape index (κ1) is 18.3. The maximum Gasteiger partial charge on any atom is 0.239 e. The lowest BCUT2D eigenvalue weighted by Crippen LogP contribution is -2.37. The Morgan fingerprint density at radius 2 is 1.80 bits per heavy atom. The van der Waals surface area contributed by atoms with Gasteiger partial charge in [0.2, 0.25) is 11.8 Å². The zero-order valence-corrected chi connectivity index (χ0v) is 14.2. The lowest BCUT2D eigenvalue weighted by molar-refractivity contribution is -0.125. The predicted octanol–water partition coefficient (Wildman–Crippen LogP) is 1.07. The second kappa shape index (κ2) is 9.27. The molecule has 0 fully saturated rings. The predicted molar refractivity (Wildman–Crippen MR) is 92.3 cm³/mol. The number of amides is 2. The van der Waals surface area contributed by atoms with Crippen LogP contribution >= 0.6 is 0 Å². The summed E-state index contributed by atoms with van der Waals surface area (Å²) in [6.07, 6.45) is 3.49. The quantitative estimate of drug-likeness (QED) is 0.748. The molecule has 0 atom stereocenters. The molecule has 0 aliphatic carbocycles. The minimum atomic E-state index is -0.260. The SMILES string of the molecule is COc1ccc(CC(=O)NCC(=O)NCc2cccnc2)cc1OC. The van der Waals surface area contributed by atoms with E-state index in [9.17, 15) is 9.59 Å². The van der Waals surface area contributed by atoms with Crippen molar-refractivity contribution < 1.29 is 19.1 Å². The zero-order chi connectivity index (χ0) is 18.1. The van der Waals surface area contributed by atoms with Crippen molar-refractivity contribution in [2.45, 2.75) is 13.0 Å². The molecule has 0 saturated carbocycles. The van der Waals surface area contributed by atoms with E-state index < -0.39 is 0 Å². The van der Waals surface area contributed by atoms with E-state index in [0.29, 0.717) is 18.0 Å². The van der Waals surface area contributed by atoms with Gasteiger partial charge in [-0.3, -0.25) is 14.6 Å². The maximum absolute atomic E-state index is 12.0. The minimum Gasteiger partial charge on any atom is -0.493 e. The Balaban J connectivity index is 1.77. The molecule has 0 aliphatic rings. The van der Waals surface area contributed by atoms with Crippen LogP contribution in [0.25, 0.3) is 0 Å². The van der Waals surface area contributed by atoms with E-state index in [1.54, 1.807) is 43.8 Å². The molecule has 132 valence electrons. The molecule has 1 aromatic carbocycles. The van der Waals surface area contributed by atoms with Crippen molar-refractivity contribution >= 4 is 11.8 Å². The summed E-state index contributed by atoms with van der Waals surface area (Å²) >= 11 is 0. The topological polar surface area (TPSA) is 89.5 Å². The Morgan fingerprint density at radius 3 is 2.48 bits per heavy atom. The van der Waals surface area contributed by atoms with E-state index in [4.69, 9.17) is 9.47 Å². The Morgan fingerprint density at radius 1 is 1.00 bits per heavy atom. The van der Waals surface area contributed by atoms with Gasteiger partial charge in [0, 0.05) is 18.9 Å². The van der Waals surface area contributed by atoms with Crippen molar-refractivity contribution in [3.05, 3.63) is 53.9 Å². The molecule has 2 rings (SSSR count). The summed E-state index contributed by atoms with van der Waals surface area (Å²) in [5.41, 5.74) is 1.67. The van der Waals surface area contributed by atoms with Crippen LogP contribution in [0.1, 0.15) is 11.1 Å². The number of nitrogens with one attached hydrogen (secondary N) is 2. The highest BCUT2D eigenvalue weighted by Gasteiger charge is 2.09. The van der Waals surface area contributed by atoms with Gasteiger partial charge < -0.3 is 20.1 Å². The van der Waals surface area contributed by atoms with E-state index in [1.807, 2.05) is 6.07 Å². The van der Waals surface area contributed by atoms with Crippen LogP contribution < -0.4 is 20.1 Å². The molecule has 2 amide bonds. The third kappa shape index (κ3) is 5.80. The van der Waals surface area contributed by atoms with Crippen molar-refractivity contribution in [3.8, 4) is 11.5 Å². The number of carbonyl (C=O) groups excluding carboxylic acids is 2. The largest absolute Gasteiger partial charge is 0.493 e. The third-order valence-electron chi connectivity index (χ3n) is 3.47. The Hall–Kier alpha value is -3.09. The van der Waals surface area contributed by atoms with Crippen molar-refractivity contribution in [1.82, 2.24) is 15.6 Å². The fraction of sp³-hybridized carbons (Fsp3) is 0.278. The number of benzene rings is 1. The highest BCUT2D eigenvalue weighted by Crippen LogP contribution is 2.27. The van der Waals surface area contributed by atoms with Gasteiger partial charge in [-0.2, -0.15) is 0 Å². The van der Waals surface area contributed by atoms with E-state index >= 15 is 0 Å². The van der Waals surface area contributed by atoms with Gasteiger partial charge in [0.05, 0.1) is 27.2 Å². The molecular weight excluding hydrogens is 322 g/mol. The third-order valence-corrected chi connectivity index (χ3v) is 3.47. The van der Waals surface area contributed by atoms with Gasteiger partial charge in [-0.15, -0.1) is 0 Å². The molecule has 1 aromatic heterocycles. The lowest BCUT2D eigenvalue weighted by atomic mass is 10.1. The lowest BCUT2D eigenvalue weighted by Gasteiger charge is -2.10. The number of methoxy groups -OCH3 is 2. The standard InChI is InChI=1S/C18H21N3O4/c1-24-15-6-5-13(8-16(15)25-2)9-17(22)21-12-18(23)20-11-14-4-3-7-19-10-14/h3-8,10H,9,11-12H2,1-2H3,(H,20,23)(H,21,22). The molecule has 25 heavy (non-hydrogen) atoms. The fourth-order valence-electron chi connectivity index (χ4n) is 2.18. The summed E-state index contributed by atoms with van der Waals surface area (Å²) < 4.78 is 10.4. The molecule has 7 heteroatoms. The van der Waals surface area contributed by atoms with Crippen LogP contribution in [-0.2, 0) is 22.6 Å². The minimum absolute atomic E-state index is 0.0770. The van der Waals surface area contributed by atoms with Gasteiger partial charge in [-0.25, -0.2) is 0 Å². The van der Waals surface area contributed by atoms with Crippen molar-refractivity contribution in [2.75, 3.05) is 20.8 Å². The number of aromatic nitrogens is 1. The molecule has 1 heterocycles. The number of nitrogens with zero attached hydrogens (tertiary/aromatic N) is 1. The summed E-state index contributed by atoms with van der Waals surface area (Å²) in [5.74, 6) is 0.650. The van der Waals surface area contributed by atoms with Gasteiger partial charge >= 0.3 is 0 Å². The van der Waals surface area contributed by atoms with Crippen LogP contribution in [0.2, 0.25) is 0 Å². The van der Waals surface area contributed by atoms with Crippen LogP contribution in [0.3, 0.4) is 0 Å². The van der Waals surface area contributed by atoms with E-state index in [2.05, 4.69) is 15.6 Å². The van der Waals surface area contributed by atoms with Gasteiger partial charge in [0.1, 0.15) is 0 Å². The summed E-state index contributed by atoms with van der Waals surface area (Å²) in [6.45, 7) is 0.296. The second-order valence-electron chi connectivity index (χ2n) is 5.28. The maximum atomic E-state index is 12.0. The van der Waals surface area contributed by atoms with E-state index in [0.717, 1.165) is 11.1 Å². The average Bonchev–Trinajstić information content (AvgIpc) is 2.65. The summed E-state index contributed by atoms with van der Waals surface area (Å²) in [7, 11) is 3.09. The van der Waals surface area contributed by atoms with Crippen molar-refractivity contribution in [2.24, 2.45) is 0 Å². The van der Waals surface area contributed by atoms with Gasteiger partial charge in [-0.05, 0) is 29.3 Å². The zero-order valence-electron chi connectivity index (χ0n) is 14.2. The molecule has 2 N–H and O–H groups in total. The van der Waals surface area contributed by atoms with Crippen LogP contribution in [0.4, 0.5) is 0 Å². The Kier molecular flexibility index (Phi) is 6.76. The number of carbonyl (C=O) groups is 2. The molecule has 0 spiro atoms. The van der Waals surface area contributed by atoms with Crippen LogP contribution in [-0.4, -0.2) is 37.6 Å². The summed E-state index contributed by atoms with van der Waals surface area (Å²) in [4.78, 5) is 27.7. The van der Waals surface area contributed by atoms with Gasteiger partial charge in [0.25, 0.3) is 0 Å². The average molecular weight is 343 g/mol. The summed E-state index contributed by atoms with van der Waals surface area (Å²) in [5, 5.41) is 5.32. The van der Waals surface area contributed by atoms with Crippen LogP contribution in [0.5, 0.6) is 11.5 Å². The van der Waals surface area contributed by atoms with Crippen LogP contribution in [0.15, 0.2) is 42.7 Å². The molecule has 0 bridgehead atoms. The number of hydrogen-bond donors (Lipinski definition) is 2.